The molecule has 0 saturated heterocycles. The van der Waals surface area contributed by atoms with Crippen molar-refractivity contribution in [1.82, 2.24) is 0 Å². The van der Waals surface area contributed by atoms with Crippen molar-refractivity contribution in [1.29, 1.82) is 0 Å². The van der Waals surface area contributed by atoms with Gasteiger partial charge in [0.2, 0.25) is 0 Å². The highest BCUT2D eigenvalue weighted by molar-refractivity contribution is 8.05. The third-order valence-electron chi connectivity index (χ3n) is 2.80. The van der Waals surface area contributed by atoms with E-state index < -0.39 is 0 Å². The maximum absolute atomic E-state index is 11.8. The van der Waals surface area contributed by atoms with Crippen LogP contribution in [-0.2, 0) is 4.74 Å². The van der Waals surface area contributed by atoms with Crippen LogP contribution in [0.15, 0.2) is 74.7 Å². The fourth-order valence-corrected chi connectivity index (χ4v) is 4.13. The van der Waals surface area contributed by atoms with Crippen LogP contribution < -0.4 is 0 Å². The summed E-state index contributed by atoms with van der Waals surface area (Å²) >= 11 is 3.42. The Labute approximate surface area is 126 Å². The zero-order valence-corrected chi connectivity index (χ0v) is 12.3. The van der Waals surface area contributed by atoms with E-state index in [2.05, 4.69) is 18.7 Å². The zero-order chi connectivity index (χ0) is 13.9. The molecule has 0 radical (unpaired) electrons. The van der Waals surface area contributed by atoms with Crippen LogP contribution in [0.3, 0.4) is 0 Å². The molecule has 0 atom stereocenters. The molecular weight excluding hydrogens is 288 g/mol. The molecule has 0 aromatic heterocycles. The first-order chi connectivity index (χ1) is 9.78. The number of rotatable bonds is 3. The summed E-state index contributed by atoms with van der Waals surface area (Å²) in [6, 6.07) is 14.0. The van der Waals surface area contributed by atoms with Gasteiger partial charge in [0, 0.05) is 19.6 Å². The van der Waals surface area contributed by atoms with Gasteiger partial charge in [-0.1, -0.05) is 48.3 Å². The number of ether oxygens (including phenoxy) is 1. The summed E-state index contributed by atoms with van der Waals surface area (Å²) in [4.78, 5) is 16.6. The summed E-state index contributed by atoms with van der Waals surface area (Å²) in [6.07, 6.45) is 1.57. The molecule has 0 bridgehead atoms. The van der Waals surface area contributed by atoms with Crippen molar-refractivity contribution < 1.29 is 9.53 Å². The van der Waals surface area contributed by atoms with E-state index in [0.717, 1.165) is 4.90 Å². The van der Waals surface area contributed by atoms with Gasteiger partial charge in [0.1, 0.15) is 6.61 Å². The molecule has 3 rings (SSSR count). The fourth-order valence-electron chi connectivity index (χ4n) is 1.87. The predicted octanol–water partition coefficient (Wildman–Crippen LogP) is 4.65. The van der Waals surface area contributed by atoms with E-state index in [1.807, 2.05) is 30.3 Å². The zero-order valence-electron chi connectivity index (χ0n) is 10.7. The van der Waals surface area contributed by atoms with Gasteiger partial charge < -0.3 is 4.74 Å². The Balaban J connectivity index is 1.88. The molecule has 1 heterocycles. The van der Waals surface area contributed by atoms with E-state index in [1.54, 1.807) is 29.6 Å². The minimum atomic E-state index is -0.308. The van der Waals surface area contributed by atoms with Crippen molar-refractivity contribution in [3.63, 3.8) is 0 Å². The maximum Gasteiger partial charge on any atom is 0.338 e. The van der Waals surface area contributed by atoms with Crippen molar-refractivity contribution in [3.8, 4) is 0 Å². The van der Waals surface area contributed by atoms with E-state index in [-0.39, 0.29) is 12.6 Å². The minimum absolute atomic E-state index is 0.237. The first-order valence-corrected chi connectivity index (χ1v) is 7.78. The Bertz CT molecular complexity index is 680. The number of fused-ring (bicyclic) bond motifs is 2. The van der Waals surface area contributed by atoms with Crippen LogP contribution >= 0.6 is 23.5 Å². The van der Waals surface area contributed by atoms with Gasteiger partial charge in [0.15, 0.2) is 0 Å². The molecule has 0 spiro atoms. The van der Waals surface area contributed by atoms with Gasteiger partial charge in [-0.25, -0.2) is 4.79 Å². The summed E-state index contributed by atoms with van der Waals surface area (Å²) in [5.41, 5.74) is 0.582. The molecule has 1 aliphatic rings. The van der Waals surface area contributed by atoms with E-state index in [9.17, 15) is 4.79 Å². The Morgan fingerprint density at radius 1 is 1.05 bits per heavy atom. The molecule has 0 unspecified atom stereocenters. The summed E-state index contributed by atoms with van der Waals surface area (Å²) in [5.74, 6) is -0.308. The van der Waals surface area contributed by atoms with Crippen molar-refractivity contribution in [3.05, 3.63) is 60.7 Å². The molecule has 4 heteroatoms. The first kappa shape index (κ1) is 13.3. The first-order valence-electron chi connectivity index (χ1n) is 6.15. The molecule has 1 aliphatic heterocycles. The van der Waals surface area contributed by atoms with Crippen LogP contribution in [0.4, 0.5) is 0 Å². The van der Waals surface area contributed by atoms with Crippen LogP contribution in [0.25, 0.3) is 0 Å². The molecule has 2 aromatic carbocycles. The molecule has 20 heavy (non-hydrogen) atoms. The smallest absolute Gasteiger partial charge is 0.338 e. The third kappa shape index (κ3) is 2.62. The SMILES string of the molecule is C=CCOC(=O)c1ccc2c(c1)Sc1ccccc1S2. The molecule has 0 saturated carbocycles. The molecule has 0 N–H and O–H groups in total. The van der Waals surface area contributed by atoms with E-state index in [0.29, 0.717) is 5.56 Å². The van der Waals surface area contributed by atoms with E-state index >= 15 is 0 Å². The van der Waals surface area contributed by atoms with Crippen molar-refractivity contribution in [2.45, 2.75) is 19.6 Å². The summed E-state index contributed by atoms with van der Waals surface area (Å²) in [5, 5.41) is 0. The van der Waals surface area contributed by atoms with Gasteiger partial charge in [-0.15, -0.1) is 0 Å². The standard InChI is InChI=1S/C16H12O2S2/c1-2-9-18-16(17)11-7-8-14-15(10-11)20-13-6-4-3-5-12(13)19-14/h2-8,10H,1,9H2. The van der Waals surface area contributed by atoms with Gasteiger partial charge >= 0.3 is 5.97 Å². The van der Waals surface area contributed by atoms with Crippen molar-refractivity contribution in [2.75, 3.05) is 6.61 Å². The normalized spacial score (nSPS) is 12.2. The van der Waals surface area contributed by atoms with Crippen LogP contribution in [0.1, 0.15) is 10.4 Å². The Morgan fingerprint density at radius 2 is 1.70 bits per heavy atom. The highest BCUT2D eigenvalue weighted by Gasteiger charge is 2.18. The number of hydrogen-bond acceptors (Lipinski definition) is 4. The van der Waals surface area contributed by atoms with Crippen LogP contribution in [-0.4, -0.2) is 12.6 Å². The number of benzene rings is 2. The monoisotopic (exact) mass is 300 g/mol. The lowest BCUT2D eigenvalue weighted by Gasteiger charge is -2.18. The number of carbonyl (C=O) groups excluding carboxylic acids is 1. The fraction of sp³-hybridized carbons (Fsp3) is 0.0625. The Kier molecular flexibility index (Phi) is 3.85. The van der Waals surface area contributed by atoms with Gasteiger partial charge in [0.25, 0.3) is 0 Å². The average Bonchev–Trinajstić information content (AvgIpc) is 2.50. The quantitative estimate of drug-likeness (QED) is 0.520. The largest absolute Gasteiger partial charge is 0.458 e. The predicted molar refractivity (Wildman–Crippen MR) is 81.6 cm³/mol. The number of esters is 1. The molecule has 0 amide bonds. The minimum Gasteiger partial charge on any atom is -0.458 e. The lowest BCUT2D eigenvalue weighted by molar-refractivity contribution is 0.0549. The lowest BCUT2D eigenvalue weighted by atomic mass is 10.2. The highest BCUT2D eigenvalue weighted by Crippen LogP contribution is 2.48. The van der Waals surface area contributed by atoms with Crippen LogP contribution in [0.2, 0.25) is 0 Å². The number of carbonyl (C=O) groups is 1. The van der Waals surface area contributed by atoms with Gasteiger partial charge in [-0.2, -0.15) is 0 Å². The summed E-state index contributed by atoms with van der Waals surface area (Å²) in [6.45, 7) is 3.77. The van der Waals surface area contributed by atoms with Gasteiger partial charge in [-0.3, -0.25) is 0 Å². The van der Waals surface area contributed by atoms with Crippen LogP contribution in [0.5, 0.6) is 0 Å². The van der Waals surface area contributed by atoms with Gasteiger partial charge in [-0.05, 0) is 30.3 Å². The van der Waals surface area contributed by atoms with Gasteiger partial charge in [0.05, 0.1) is 5.56 Å². The van der Waals surface area contributed by atoms with Crippen molar-refractivity contribution in [2.24, 2.45) is 0 Å². The van der Waals surface area contributed by atoms with E-state index in [4.69, 9.17) is 4.74 Å². The second kappa shape index (κ2) is 5.77. The lowest BCUT2D eigenvalue weighted by Crippen LogP contribution is -2.05. The van der Waals surface area contributed by atoms with Crippen LogP contribution in [0, 0.1) is 0 Å². The molecule has 2 nitrogen and oxygen atoms in total. The molecule has 100 valence electrons. The number of hydrogen-bond donors (Lipinski definition) is 0. The second-order valence-electron chi connectivity index (χ2n) is 4.20. The molecular formula is C16H12O2S2. The van der Waals surface area contributed by atoms with Crippen molar-refractivity contribution >= 4 is 29.5 Å². The Hall–Kier alpha value is -1.65. The highest BCUT2D eigenvalue weighted by atomic mass is 32.2. The summed E-state index contributed by atoms with van der Waals surface area (Å²) in [7, 11) is 0. The Morgan fingerprint density at radius 3 is 2.40 bits per heavy atom. The third-order valence-corrected chi connectivity index (χ3v) is 5.34. The maximum atomic E-state index is 11.8. The summed E-state index contributed by atoms with van der Waals surface area (Å²) < 4.78 is 5.06. The average molecular weight is 300 g/mol. The molecule has 2 aromatic rings. The molecule has 0 aliphatic carbocycles. The van der Waals surface area contributed by atoms with E-state index in [1.165, 1.54) is 14.7 Å². The second-order valence-corrected chi connectivity index (χ2v) is 6.37. The molecule has 0 fully saturated rings. The topological polar surface area (TPSA) is 26.3 Å².